The van der Waals surface area contributed by atoms with Gasteiger partial charge in [-0.1, -0.05) is 42.1 Å². The molecule has 2 saturated carbocycles. The molecule has 8 heteroatoms. The third kappa shape index (κ3) is 5.82. The first kappa shape index (κ1) is 21.3. The highest BCUT2D eigenvalue weighted by atomic mass is 32.2. The molecule has 2 aliphatic rings. The molecule has 0 bridgehead atoms. The molecule has 0 spiro atoms. The zero-order valence-electron chi connectivity index (χ0n) is 17.0. The van der Waals surface area contributed by atoms with E-state index in [1.54, 1.807) is 6.07 Å². The lowest BCUT2D eigenvalue weighted by molar-refractivity contribution is -0.0696. The zero-order valence-corrected chi connectivity index (χ0v) is 17.8. The van der Waals surface area contributed by atoms with Gasteiger partial charge in [-0.15, -0.1) is 0 Å². The van der Waals surface area contributed by atoms with Crippen LogP contribution in [-0.2, 0) is 11.3 Å². The van der Waals surface area contributed by atoms with Gasteiger partial charge in [0.1, 0.15) is 11.9 Å². The van der Waals surface area contributed by atoms with Crippen LogP contribution < -0.4 is 10.1 Å². The number of hydrogen-bond donors (Lipinski definition) is 1. The number of benzene rings is 1. The van der Waals surface area contributed by atoms with Crippen LogP contribution in [0.2, 0.25) is 0 Å². The van der Waals surface area contributed by atoms with Gasteiger partial charge in [0, 0.05) is 37.8 Å². The Labute approximate surface area is 180 Å². The summed E-state index contributed by atoms with van der Waals surface area (Å²) in [6, 6.07) is 11.9. The van der Waals surface area contributed by atoms with E-state index in [0.29, 0.717) is 36.3 Å². The van der Waals surface area contributed by atoms with Crippen molar-refractivity contribution in [1.82, 2.24) is 9.97 Å². The highest BCUT2D eigenvalue weighted by Gasteiger charge is 2.35. The number of halogens is 2. The second-order valence-electron chi connectivity index (χ2n) is 7.98. The summed E-state index contributed by atoms with van der Waals surface area (Å²) >= 11 is 1.43. The highest BCUT2D eigenvalue weighted by molar-refractivity contribution is 7.98. The van der Waals surface area contributed by atoms with Gasteiger partial charge in [-0.2, -0.15) is 4.98 Å². The summed E-state index contributed by atoms with van der Waals surface area (Å²) < 4.78 is 38.7. The van der Waals surface area contributed by atoms with Gasteiger partial charge >= 0.3 is 0 Å². The summed E-state index contributed by atoms with van der Waals surface area (Å²) in [4.78, 5) is 8.90. The molecule has 4 rings (SSSR count). The first-order chi connectivity index (χ1) is 14.5. The molecule has 2 aromatic rings. The van der Waals surface area contributed by atoms with Crippen molar-refractivity contribution in [2.24, 2.45) is 0 Å². The van der Waals surface area contributed by atoms with E-state index in [0.717, 1.165) is 12.8 Å². The Balaban J connectivity index is 1.27. The fraction of sp³-hybridized carbons (Fsp3) is 0.545. The van der Waals surface area contributed by atoms with Crippen molar-refractivity contribution in [1.29, 1.82) is 0 Å². The fourth-order valence-electron chi connectivity index (χ4n) is 3.73. The van der Waals surface area contributed by atoms with Crippen molar-refractivity contribution < 1.29 is 18.3 Å². The lowest BCUT2D eigenvalue weighted by Gasteiger charge is -2.35. The van der Waals surface area contributed by atoms with Crippen molar-refractivity contribution in [2.45, 2.75) is 74.5 Å². The molecule has 1 heterocycles. The van der Waals surface area contributed by atoms with Crippen LogP contribution in [0.15, 0.2) is 41.6 Å². The molecule has 30 heavy (non-hydrogen) atoms. The van der Waals surface area contributed by atoms with Crippen molar-refractivity contribution in [2.75, 3.05) is 11.6 Å². The van der Waals surface area contributed by atoms with E-state index in [2.05, 4.69) is 27.4 Å². The molecule has 0 aliphatic heterocycles. The van der Waals surface area contributed by atoms with Crippen LogP contribution in [0.5, 0.6) is 5.88 Å². The van der Waals surface area contributed by atoms with Crippen LogP contribution in [0.1, 0.15) is 44.1 Å². The van der Waals surface area contributed by atoms with E-state index in [-0.39, 0.29) is 31.1 Å². The summed E-state index contributed by atoms with van der Waals surface area (Å²) in [7, 11) is 0. The number of nitrogens with one attached hydrogen (secondary N) is 1. The van der Waals surface area contributed by atoms with Crippen molar-refractivity contribution in [3.05, 3.63) is 42.0 Å². The zero-order chi connectivity index (χ0) is 21.0. The average Bonchev–Trinajstić information content (AvgIpc) is 2.71. The third-order valence-electron chi connectivity index (χ3n) is 5.60. The van der Waals surface area contributed by atoms with E-state index in [9.17, 15) is 8.78 Å². The fourth-order valence-corrected chi connectivity index (χ4v) is 4.10. The van der Waals surface area contributed by atoms with Gasteiger partial charge in [0.15, 0.2) is 5.16 Å². The van der Waals surface area contributed by atoms with Crippen LogP contribution in [0.4, 0.5) is 14.6 Å². The van der Waals surface area contributed by atoms with E-state index < -0.39 is 5.92 Å². The largest absolute Gasteiger partial charge is 0.474 e. The summed E-state index contributed by atoms with van der Waals surface area (Å²) in [5, 5.41) is 3.89. The summed E-state index contributed by atoms with van der Waals surface area (Å²) in [5.41, 5.74) is 1.17. The predicted molar refractivity (Wildman–Crippen MR) is 113 cm³/mol. The number of hydrogen-bond acceptors (Lipinski definition) is 6. The first-order valence-electron chi connectivity index (χ1n) is 10.4. The molecule has 1 aromatic heterocycles. The molecule has 0 radical (unpaired) electrons. The molecule has 2 fully saturated rings. The number of rotatable bonds is 8. The lowest BCUT2D eigenvalue weighted by atomic mass is 9.92. The van der Waals surface area contributed by atoms with Crippen LogP contribution in [-0.4, -0.2) is 40.4 Å². The highest BCUT2D eigenvalue weighted by Crippen LogP contribution is 2.35. The SMILES string of the molecule is CSc1nc(NC2CCC(F)(F)CC2)cc(OC2CC(OCc3ccccc3)C2)n1. The molecule has 0 unspecified atom stereocenters. The average molecular weight is 436 g/mol. The summed E-state index contributed by atoms with van der Waals surface area (Å²) in [6.45, 7) is 0.608. The van der Waals surface area contributed by atoms with E-state index in [4.69, 9.17) is 9.47 Å². The molecule has 1 aromatic carbocycles. The van der Waals surface area contributed by atoms with E-state index in [1.165, 1.54) is 17.3 Å². The molecule has 1 N–H and O–H groups in total. The number of nitrogens with zero attached hydrogens (tertiary/aromatic N) is 2. The Bertz CT molecular complexity index is 824. The molecule has 0 amide bonds. The quantitative estimate of drug-likeness (QED) is 0.448. The maximum atomic E-state index is 13.4. The van der Waals surface area contributed by atoms with Crippen molar-refractivity contribution >= 4 is 17.6 Å². The Morgan fingerprint density at radius 3 is 2.53 bits per heavy atom. The van der Waals surface area contributed by atoms with Crippen LogP contribution in [0.3, 0.4) is 0 Å². The van der Waals surface area contributed by atoms with Crippen molar-refractivity contribution in [3.63, 3.8) is 0 Å². The molecule has 0 atom stereocenters. The smallest absolute Gasteiger partial charge is 0.248 e. The van der Waals surface area contributed by atoms with Crippen LogP contribution in [0.25, 0.3) is 0 Å². The summed E-state index contributed by atoms with van der Waals surface area (Å²) in [6.07, 6.45) is 4.52. The third-order valence-corrected chi connectivity index (χ3v) is 6.15. The minimum absolute atomic E-state index is 0.00144. The topological polar surface area (TPSA) is 56.3 Å². The second-order valence-corrected chi connectivity index (χ2v) is 8.76. The predicted octanol–water partition coefficient (Wildman–Crippen LogP) is 5.31. The van der Waals surface area contributed by atoms with Gasteiger partial charge in [-0.05, 0) is 24.7 Å². The minimum atomic E-state index is -2.54. The van der Waals surface area contributed by atoms with Crippen LogP contribution in [0, 0.1) is 0 Å². The maximum absolute atomic E-state index is 13.4. The van der Waals surface area contributed by atoms with Gasteiger partial charge in [-0.3, -0.25) is 0 Å². The molecule has 0 saturated heterocycles. The Morgan fingerprint density at radius 2 is 1.83 bits per heavy atom. The molecule has 5 nitrogen and oxygen atoms in total. The molecule has 162 valence electrons. The Hall–Kier alpha value is -1.93. The molecule has 2 aliphatic carbocycles. The number of anilines is 1. The number of alkyl halides is 2. The summed E-state index contributed by atoms with van der Waals surface area (Å²) in [5.74, 6) is -1.38. The van der Waals surface area contributed by atoms with E-state index in [1.807, 2.05) is 24.5 Å². The van der Waals surface area contributed by atoms with Crippen LogP contribution >= 0.6 is 11.8 Å². The number of ether oxygens (including phenoxy) is 2. The maximum Gasteiger partial charge on any atom is 0.248 e. The van der Waals surface area contributed by atoms with Gasteiger partial charge in [-0.25, -0.2) is 13.8 Å². The molecular formula is C22H27F2N3O2S. The standard InChI is InChI=1S/C22H27F2N3O2S/c1-30-21-26-19(25-16-7-9-22(23,24)10-8-16)13-20(27-21)29-18-11-17(12-18)28-14-15-5-3-2-4-6-15/h2-6,13,16-18H,7-12,14H2,1H3,(H,25,26,27). The van der Waals surface area contributed by atoms with Gasteiger partial charge < -0.3 is 14.8 Å². The lowest BCUT2D eigenvalue weighted by Crippen LogP contribution is -2.39. The van der Waals surface area contributed by atoms with E-state index >= 15 is 0 Å². The number of aromatic nitrogens is 2. The normalized spacial score (nSPS) is 23.6. The minimum Gasteiger partial charge on any atom is -0.474 e. The monoisotopic (exact) mass is 435 g/mol. The second kappa shape index (κ2) is 9.47. The van der Waals surface area contributed by atoms with Gasteiger partial charge in [0.05, 0.1) is 12.7 Å². The van der Waals surface area contributed by atoms with Gasteiger partial charge in [0.2, 0.25) is 11.8 Å². The Morgan fingerprint density at radius 1 is 1.10 bits per heavy atom. The molecular weight excluding hydrogens is 408 g/mol. The Kier molecular flexibility index (Phi) is 6.73. The first-order valence-corrected chi connectivity index (χ1v) is 11.6. The van der Waals surface area contributed by atoms with Crippen molar-refractivity contribution in [3.8, 4) is 5.88 Å². The number of thioether (sulfide) groups is 1. The van der Waals surface area contributed by atoms with Gasteiger partial charge in [0.25, 0.3) is 0 Å².